The van der Waals surface area contributed by atoms with Crippen LogP contribution in [-0.4, -0.2) is 45.1 Å². The van der Waals surface area contributed by atoms with Crippen LogP contribution in [0.3, 0.4) is 0 Å². The summed E-state index contributed by atoms with van der Waals surface area (Å²) >= 11 is 6.03. The normalized spacial score (nSPS) is 15.1. The number of aliphatic imine (C=N–C) groups is 1. The molecule has 2 aromatic carbocycles. The first-order valence-electron chi connectivity index (χ1n) is 8.13. The zero-order valence-corrected chi connectivity index (χ0v) is 15.3. The molecule has 0 saturated heterocycles. The quantitative estimate of drug-likeness (QED) is 0.617. The largest absolute Gasteiger partial charge is 0.481 e. The lowest BCUT2D eigenvalue weighted by Gasteiger charge is -2.10. The predicted molar refractivity (Wildman–Crippen MR) is 103 cm³/mol. The highest BCUT2D eigenvalue weighted by Crippen LogP contribution is 2.26. The number of hydrogen-bond donors (Lipinski definition) is 4. The Morgan fingerprint density at radius 3 is 2.21 bits per heavy atom. The molecule has 0 bridgehead atoms. The van der Waals surface area contributed by atoms with Crippen molar-refractivity contribution in [3.63, 3.8) is 0 Å². The average molecular weight is 405 g/mol. The summed E-state index contributed by atoms with van der Waals surface area (Å²) in [4.78, 5) is 35.1. The Bertz CT molecular complexity index is 900. The number of aliphatic hydroxyl groups is 1. The van der Waals surface area contributed by atoms with Crippen LogP contribution in [0.1, 0.15) is 24.0 Å². The van der Waals surface area contributed by atoms with Gasteiger partial charge in [-0.1, -0.05) is 41.9 Å². The Balaban J connectivity index is 0.000000300. The van der Waals surface area contributed by atoms with E-state index in [1.807, 2.05) is 30.3 Å². The molecule has 28 heavy (non-hydrogen) atoms. The molecule has 0 aromatic heterocycles. The minimum atomic E-state index is -1.43. The van der Waals surface area contributed by atoms with Gasteiger partial charge in [0, 0.05) is 16.1 Å². The number of carbonyl (C=O) groups excluding carboxylic acids is 1. The van der Waals surface area contributed by atoms with Gasteiger partial charge in [-0.15, -0.1) is 0 Å². The average Bonchev–Trinajstić information content (AvgIpc) is 2.78. The number of carboxylic acids is 2. The molecule has 1 unspecified atom stereocenters. The summed E-state index contributed by atoms with van der Waals surface area (Å²) in [7, 11) is 0. The first kappa shape index (κ1) is 21.1. The van der Waals surface area contributed by atoms with Gasteiger partial charge in [-0.25, -0.2) is 4.99 Å². The summed E-state index contributed by atoms with van der Waals surface area (Å²) in [5.41, 5.74) is 2.62. The van der Waals surface area contributed by atoms with Gasteiger partial charge in [0.1, 0.15) is 0 Å². The van der Waals surface area contributed by atoms with Crippen molar-refractivity contribution < 1.29 is 29.7 Å². The van der Waals surface area contributed by atoms with E-state index < -0.39 is 24.1 Å². The highest BCUT2D eigenvalue weighted by molar-refractivity contribution is 6.32. The van der Waals surface area contributed by atoms with Crippen LogP contribution in [0.2, 0.25) is 5.02 Å². The molecule has 1 aliphatic heterocycles. The lowest BCUT2D eigenvalue weighted by molar-refractivity contribution is -0.143. The van der Waals surface area contributed by atoms with Crippen molar-refractivity contribution in [2.75, 3.05) is 5.32 Å². The van der Waals surface area contributed by atoms with Crippen LogP contribution in [0.15, 0.2) is 53.5 Å². The molecule has 0 radical (unpaired) electrons. The van der Waals surface area contributed by atoms with E-state index in [4.69, 9.17) is 21.8 Å². The summed E-state index contributed by atoms with van der Waals surface area (Å²) in [6, 6.07) is 14.5. The van der Waals surface area contributed by atoms with Crippen molar-refractivity contribution in [3.8, 4) is 0 Å². The molecule has 146 valence electrons. The number of aliphatic carboxylic acids is 2. The number of carboxylic acid groups (broad SMARTS) is 2. The van der Waals surface area contributed by atoms with E-state index in [2.05, 4.69) is 10.3 Å². The number of anilines is 1. The maximum Gasteiger partial charge on any atom is 0.303 e. The Kier molecular flexibility index (Phi) is 7.25. The Labute approximate surface area is 165 Å². The van der Waals surface area contributed by atoms with Crippen LogP contribution in [0.25, 0.3) is 0 Å². The highest BCUT2D eigenvalue weighted by atomic mass is 35.5. The van der Waals surface area contributed by atoms with E-state index in [1.54, 1.807) is 18.2 Å². The number of amides is 1. The zero-order chi connectivity index (χ0) is 20.7. The SMILES string of the molecule is O=C(O)CCC(=O)O.O=C1Nc2ccc(Cl)cc2C(c2ccccc2)=NC1O. The van der Waals surface area contributed by atoms with Crippen molar-refractivity contribution in [1.82, 2.24) is 0 Å². The van der Waals surface area contributed by atoms with Crippen LogP contribution in [0.5, 0.6) is 0 Å². The number of benzene rings is 2. The van der Waals surface area contributed by atoms with Gasteiger partial charge in [0.15, 0.2) is 0 Å². The monoisotopic (exact) mass is 404 g/mol. The third-order valence-electron chi connectivity index (χ3n) is 3.58. The number of rotatable bonds is 4. The van der Waals surface area contributed by atoms with Gasteiger partial charge >= 0.3 is 11.9 Å². The zero-order valence-electron chi connectivity index (χ0n) is 14.5. The van der Waals surface area contributed by atoms with Crippen LogP contribution in [-0.2, 0) is 14.4 Å². The standard InChI is InChI=1S/C15H11ClN2O2.C4H6O4/c16-10-6-7-12-11(8-10)13(9-4-2-1-3-5-9)18-15(20)14(19)17-12;5-3(6)1-2-4(7)8/h1-8,15,20H,(H,17,19);1-2H2,(H,5,6)(H,7,8). The van der Waals surface area contributed by atoms with Gasteiger partial charge in [-0.2, -0.15) is 0 Å². The Hall–Kier alpha value is -3.23. The van der Waals surface area contributed by atoms with Gasteiger partial charge in [-0.3, -0.25) is 14.4 Å². The second-order valence-electron chi connectivity index (χ2n) is 5.68. The van der Waals surface area contributed by atoms with Crippen molar-refractivity contribution in [3.05, 3.63) is 64.7 Å². The van der Waals surface area contributed by atoms with E-state index in [9.17, 15) is 19.5 Å². The molecular weight excluding hydrogens is 388 g/mol. The lowest BCUT2D eigenvalue weighted by Crippen LogP contribution is -2.24. The molecule has 3 rings (SSSR count). The summed E-state index contributed by atoms with van der Waals surface area (Å²) in [5, 5.41) is 28.8. The summed E-state index contributed by atoms with van der Waals surface area (Å²) in [6.07, 6.45) is -2.03. The highest BCUT2D eigenvalue weighted by Gasteiger charge is 2.24. The molecular formula is C19H17ClN2O6. The molecule has 0 aliphatic carbocycles. The second-order valence-corrected chi connectivity index (χ2v) is 6.12. The number of halogens is 1. The summed E-state index contributed by atoms with van der Waals surface area (Å²) in [5.74, 6) is -2.71. The van der Waals surface area contributed by atoms with Crippen LogP contribution in [0.4, 0.5) is 5.69 Å². The van der Waals surface area contributed by atoms with Crippen molar-refractivity contribution in [2.24, 2.45) is 4.99 Å². The third-order valence-corrected chi connectivity index (χ3v) is 3.82. The molecule has 0 spiro atoms. The summed E-state index contributed by atoms with van der Waals surface area (Å²) in [6.45, 7) is 0. The van der Waals surface area contributed by atoms with Crippen molar-refractivity contribution in [1.29, 1.82) is 0 Å². The van der Waals surface area contributed by atoms with Crippen LogP contribution < -0.4 is 5.32 Å². The third kappa shape index (κ3) is 5.90. The maximum atomic E-state index is 11.7. The Morgan fingerprint density at radius 1 is 1.04 bits per heavy atom. The molecule has 1 amide bonds. The maximum absolute atomic E-state index is 11.7. The van der Waals surface area contributed by atoms with Crippen LogP contribution >= 0.6 is 11.6 Å². The van der Waals surface area contributed by atoms with E-state index >= 15 is 0 Å². The van der Waals surface area contributed by atoms with Gasteiger partial charge in [0.05, 0.1) is 24.2 Å². The molecule has 2 aromatic rings. The van der Waals surface area contributed by atoms with Gasteiger partial charge in [0.2, 0.25) is 6.23 Å². The smallest absolute Gasteiger partial charge is 0.303 e. The topological polar surface area (TPSA) is 136 Å². The van der Waals surface area contributed by atoms with Crippen molar-refractivity contribution in [2.45, 2.75) is 19.1 Å². The molecule has 0 saturated carbocycles. The minimum absolute atomic E-state index is 0.296. The van der Waals surface area contributed by atoms with E-state index in [-0.39, 0.29) is 12.8 Å². The summed E-state index contributed by atoms with van der Waals surface area (Å²) < 4.78 is 0. The lowest BCUT2D eigenvalue weighted by atomic mass is 10.0. The number of nitrogens with one attached hydrogen (secondary N) is 1. The van der Waals surface area contributed by atoms with E-state index in [1.165, 1.54) is 0 Å². The minimum Gasteiger partial charge on any atom is -0.481 e. The molecule has 9 heteroatoms. The number of benzodiazepines with no additional fused rings is 1. The molecule has 4 N–H and O–H groups in total. The predicted octanol–water partition coefficient (Wildman–Crippen LogP) is 2.38. The van der Waals surface area contributed by atoms with Gasteiger partial charge in [-0.05, 0) is 18.2 Å². The fraction of sp³-hybridized carbons (Fsp3) is 0.158. The Morgan fingerprint density at radius 2 is 1.64 bits per heavy atom. The number of aliphatic hydroxyl groups excluding tert-OH is 1. The molecule has 8 nitrogen and oxygen atoms in total. The fourth-order valence-electron chi connectivity index (χ4n) is 2.31. The number of carbonyl (C=O) groups is 3. The fourth-order valence-corrected chi connectivity index (χ4v) is 2.48. The van der Waals surface area contributed by atoms with Crippen molar-refractivity contribution >= 4 is 40.8 Å². The molecule has 1 heterocycles. The molecule has 1 aliphatic rings. The molecule has 1 atom stereocenters. The van der Waals surface area contributed by atoms with Crippen LogP contribution in [0, 0.1) is 0 Å². The first-order valence-corrected chi connectivity index (χ1v) is 8.51. The second kappa shape index (κ2) is 9.63. The van der Waals surface area contributed by atoms with E-state index in [0.717, 1.165) is 5.56 Å². The number of fused-ring (bicyclic) bond motifs is 1. The number of nitrogens with zero attached hydrogens (tertiary/aromatic N) is 1. The molecule has 0 fully saturated rings. The van der Waals surface area contributed by atoms with Gasteiger partial charge in [0.25, 0.3) is 5.91 Å². The first-order chi connectivity index (χ1) is 13.3. The van der Waals surface area contributed by atoms with E-state index in [0.29, 0.717) is 22.0 Å². The number of hydrogen-bond acceptors (Lipinski definition) is 5. The van der Waals surface area contributed by atoms with Gasteiger partial charge < -0.3 is 20.6 Å².